The van der Waals surface area contributed by atoms with Gasteiger partial charge in [-0.25, -0.2) is 0 Å². The highest BCUT2D eigenvalue weighted by atomic mass is 35.5. The Morgan fingerprint density at radius 3 is 2.80 bits per heavy atom. The minimum absolute atomic E-state index is 0.0246. The first kappa shape index (κ1) is 16.4. The van der Waals surface area contributed by atoms with Crippen LogP contribution >= 0.6 is 11.6 Å². The second-order valence-corrected chi connectivity index (χ2v) is 7.22. The molecule has 4 rings (SSSR count). The molecule has 0 saturated carbocycles. The number of piperidine rings is 1. The smallest absolute Gasteiger partial charge is 0.251 e. The molecule has 5 nitrogen and oxygen atoms in total. The van der Waals surface area contributed by atoms with E-state index < -0.39 is 0 Å². The fraction of sp³-hybridized carbons (Fsp3) is 0.368. The van der Waals surface area contributed by atoms with Gasteiger partial charge in [0.1, 0.15) is 11.5 Å². The highest BCUT2D eigenvalue weighted by Gasteiger charge is 2.32. The van der Waals surface area contributed by atoms with Gasteiger partial charge >= 0.3 is 0 Å². The van der Waals surface area contributed by atoms with Crippen molar-refractivity contribution in [2.24, 2.45) is 5.92 Å². The number of carbonyl (C=O) groups is 1. The van der Waals surface area contributed by atoms with Gasteiger partial charge in [-0.2, -0.15) is 0 Å². The van der Waals surface area contributed by atoms with Crippen LogP contribution in [0.15, 0.2) is 42.7 Å². The Balaban J connectivity index is 1.37. The third-order valence-corrected chi connectivity index (χ3v) is 5.04. The summed E-state index contributed by atoms with van der Waals surface area (Å²) in [4.78, 5) is 18.9. The summed E-state index contributed by atoms with van der Waals surface area (Å²) in [5.41, 5.74) is 0.643. The van der Waals surface area contributed by atoms with Crippen LogP contribution in [0.25, 0.3) is 0 Å². The monoisotopic (exact) mass is 357 g/mol. The normalized spacial score (nSPS) is 24.8. The molecule has 6 heteroatoms. The standard InChI is InChI=1S/C19H20ClN3O2/c20-15-8-18(10-21-9-15)25-17-3-1-14(2-4-17)19(24)22-16-7-13-5-6-23(11-13)12-16/h1-4,8-10,13,16H,5-7,11-12H2,(H,22,24)/t13-,16-/m1/s1. The zero-order chi connectivity index (χ0) is 17.2. The molecule has 130 valence electrons. The lowest BCUT2D eigenvalue weighted by Gasteiger charge is -2.30. The van der Waals surface area contributed by atoms with Crippen LogP contribution in [-0.2, 0) is 0 Å². The van der Waals surface area contributed by atoms with Crippen molar-refractivity contribution in [3.63, 3.8) is 0 Å². The van der Waals surface area contributed by atoms with Crippen LogP contribution in [0.5, 0.6) is 11.5 Å². The summed E-state index contributed by atoms with van der Waals surface area (Å²) in [5, 5.41) is 3.68. The minimum atomic E-state index is -0.0246. The van der Waals surface area contributed by atoms with Crippen LogP contribution in [-0.4, -0.2) is 41.5 Å². The van der Waals surface area contributed by atoms with E-state index in [1.54, 1.807) is 42.7 Å². The van der Waals surface area contributed by atoms with Crippen LogP contribution in [0, 0.1) is 5.92 Å². The number of hydrogen-bond donors (Lipinski definition) is 1. The molecular weight excluding hydrogens is 338 g/mol. The van der Waals surface area contributed by atoms with Crippen molar-refractivity contribution in [1.29, 1.82) is 0 Å². The Kier molecular flexibility index (Phi) is 4.59. The van der Waals surface area contributed by atoms with Gasteiger partial charge in [-0.3, -0.25) is 9.78 Å². The van der Waals surface area contributed by atoms with Gasteiger partial charge in [0.15, 0.2) is 0 Å². The SMILES string of the molecule is O=C(N[C@@H]1C[C@H]2CCN(C2)C1)c1ccc(Oc2cncc(Cl)c2)cc1. The first-order valence-electron chi connectivity index (χ1n) is 8.57. The number of rotatable bonds is 4. The van der Waals surface area contributed by atoms with Crippen molar-refractivity contribution in [2.45, 2.75) is 18.9 Å². The molecule has 2 aliphatic rings. The molecule has 0 aliphatic carbocycles. The van der Waals surface area contributed by atoms with Gasteiger partial charge in [-0.05, 0) is 49.6 Å². The van der Waals surface area contributed by atoms with Gasteiger partial charge in [0, 0.05) is 37.0 Å². The van der Waals surface area contributed by atoms with E-state index in [0.29, 0.717) is 22.1 Å². The van der Waals surface area contributed by atoms with Crippen molar-refractivity contribution in [3.8, 4) is 11.5 Å². The van der Waals surface area contributed by atoms with E-state index in [0.717, 1.165) is 18.9 Å². The molecule has 2 fully saturated rings. The molecule has 3 atom stereocenters. The van der Waals surface area contributed by atoms with E-state index in [9.17, 15) is 4.79 Å². The maximum atomic E-state index is 12.5. The number of pyridine rings is 1. The lowest BCUT2D eigenvalue weighted by molar-refractivity contribution is 0.0909. The number of ether oxygens (including phenoxy) is 1. The van der Waals surface area contributed by atoms with Crippen LogP contribution in [0.1, 0.15) is 23.2 Å². The van der Waals surface area contributed by atoms with E-state index in [-0.39, 0.29) is 11.9 Å². The Morgan fingerprint density at radius 2 is 2.04 bits per heavy atom. The van der Waals surface area contributed by atoms with Gasteiger partial charge in [-0.1, -0.05) is 11.6 Å². The van der Waals surface area contributed by atoms with Crippen LogP contribution in [0.4, 0.5) is 0 Å². The predicted octanol–water partition coefficient (Wildman–Crippen LogP) is 3.35. The number of hydrogen-bond acceptors (Lipinski definition) is 4. The molecule has 2 aromatic rings. The number of aromatic nitrogens is 1. The molecular formula is C19H20ClN3O2. The number of nitrogens with zero attached hydrogens (tertiary/aromatic N) is 2. The topological polar surface area (TPSA) is 54.5 Å². The maximum Gasteiger partial charge on any atom is 0.251 e. The number of nitrogens with one attached hydrogen (secondary N) is 1. The van der Waals surface area contributed by atoms with E-state index in [1.807, 2.05) is 0 Å². The lowest BCUT2D eigenvalue weighted by Crippen LogP contribution is -2.46. The molecule has 1 unspecified atom stereocenters. The highest BCUT2D eigenvalue weighted by molar-refractivity contribution is 6.30. The van der Waals surface area contributed by atoms with E-state index >= 15 is 0 Å². The van der Waals surface area contributed by atoms with Gasteiger partial charge in [-0.15, -0.1) is 0 Å². The zero-order valence-corrected chi connectivity index (χ0v) is 14.6. The van der Waals surface area contributed by atoms with Gasteiger partial charge < -0.3 is 15.0 Å². The van der Waals surface area contributed by atoms with E-state index in [2.05, 4.69) is 15.2 Å². The van der Waals surface area contributed by atoms with Crippen LogP contribution in [0.2, 0.25) is 5.02 Å². The lowest BCUT2D eigenvalue weighted by atomic mass is 9.96. The summed E-state index contributed by atoms with van der Waals surface area (Å²) in [5.74, 6) is 1.92. The van der Waals surface area contributed by atoms with E-state index in [1.165, 1.54) is 19.5 Å². The summed E-state index contributed by atoms with van der Waals surface area (Å²) >= 11 is 5.90. The molecule has 1 aromatic heterocycles. The van der Waals surface area contributed by atoms with Gasteiger partial charge in [0.25, 0.3) is 5.91 Å². The number of benzene rings is 1. The molecule has 2 bridgehead atoms. The Labute approximate surface area is 152 Å². The first-order chi connectivity index (χ1) is 12.2. The number of halogens is 1. The Hall–Kier alpha value is -2.11. The molecule has 2 saturated heterocycles. The van der Waals surface area contributed by atoms with Gasteiger partial charge in [0.05, 0.1) is 11.2 Å². The van der Waals surface area contributed by atoms with E-state index in [4.69, 9.17) is 16.3 Å². The molecule has 1 amide bonds. The van der Waals surface area contributed by atoms with Crippen molar-refractivity contribution >= 4 is 17.5 Å². The molecule has 25 heavy (non-hydrogen) atoms. The fourth-order valence-electron chi connectivity index (χ4n) is 3.69. The second-order valence-electron chi connectivity index (χ2n) is 6.79. The van der Waals surface area contributed by atoms with Crippen molar-refractivity contribution < 1.29 is 9.53 Å². The fourth-order valence-corrected chi connectivity index (χ4v) is 3.86. The molecule has 3 heterocycles. The number of fused-ring (bicyclic) bond motifs is 2. The third-order valence-electron chi connectivity index (χ3n) is 4.83. The van der Waals surface area contributed by atoms with Crippen LogP contribution < -0.4 is 10.1 Å². The molecule has 1 N–H and O–H groups in total. The second kappa shape index (κ2) is 7.02. The van der Waals surface area contributed by atoms with Crippen molar-refractivity contribution in [3.05, 3.63) is 53.3 Å². The maximum absolute atomic E-state index is 12.5. The first-order valence-corrected chi connectivity index (χ1v) is 8.95. The minimum Gasteiger partial charge on any atom is -0.456 e. The average molecular weight is 358 g/mol. The third kappa shape index (κ3) is 3.94. The quantitative estimate of drug-likeness (QED) is 0.911. The summed E-state index contributed by atoms with van der Waals surface area (Å²) in [6.07, 6.45) is 5.50. The molecule has 1 aromatic carbocycles. The zero-order valence-electron chi connectivity index (χ0n) is 13.8. The highest BCUT2D eigenvalue weighted by Crippen LogP contribution is 2.27. The van der Waals surface area contributed by atoms with Crippen LogP contribution in [0.3, 0.4) is 0 Å². The molecule has 2 aliphatic heterocycles. The predicted molar refractivity (Wildman–Crippen MR) is 96.2 cm³/mol. The molecule has 0 radical (unpaired) electrons. The Bertz CT molecular complexity index is 754. The van der Waals surface area contributed by atoms with Gasteiger partial charge in [0.2, 0.25) is 0 Å². The van der Waals surface area contributed by atoms with Crippen molar-refractivity contribution in [1.82, 2.24) is 15.2 Å². The number of carbonyl (C=O) groups excluding carboxylic acids is 1. The summed E-state index contributed by atoms with van der Waals surface area (Å²) < 4.78 is 5.69. The molecule has 0 spiro atoms. The number of amides is 1. The summed E-state index contributed by atoms with van der Waals surface area (Å²) in [6, 6.07) is 9.07. The summed E-state index contributed by atoms with van der Waals surface area (Å²) in [6.45, 7) is 3.32. The average Bonchev–Trinajstić information content (AvgIpc) is 2.94. The Morgan fingerprint density at radius 1 is 1.20 bits per heavy atom. The summed E-state index contributed by atoms with van der Waals surface area (Å²) in [7, 11) is 0. The van der Waals surface area contributed by atoms with Crippen molar-refractivity contribution in [2.75, 3.05) is 19.6 Å². The largest absolute Gasteiger partial charge is 0.456 e.